The van der Waals surface area contributed by atoms with Crippen molar-refractivity contribution in [3.63, 3.8) is 0 Å². The molecule has 0 spiro atoms. The van der Waals surface area contributed by atoms with E-state index in [0.29, 0.717) is 12.8 Å². The van der Waals surface area contributed by atoms with Gasteiger partial charge in [0.25, 0.3) is 0 Å². The normalized spacial score (nSPS) is 20.0. The highest BCUT2D eigenvalue weighted by Gasteiger charge is 2.34. The molecule has 7 nitrogen and oxygen atoms in total. The molecule has 0 aliphatic carbocycles. The van der Waals surface area contributed by atoms with Crippen molar-refractivity contribution < 1.29 is 27.5 Å². The predicted molar refractivity (Wildman–Crippen MR) is 88.2 cm³/mol. The van der Waals surface area contributed by atoms with Crippen molar-refractivity contribution in [1.29, 1.82) is 0 Å². The zero-order chi connectivity index (χ0) is 18.6. The van der Waals surface area contributed by atoms with E-state index in [1.54, 1.807) is 12.1 Å². The third-order valence-electron chi connectivity index (χ3n) is 4.18. The minimum Gasteiger partial charge on any atom is -0.480 e. The van der Waals surface area contributed by atoms with Gasteiger partial charge in [0.1, 0.15) is 6.67 Å². The van der Waals surface area contributed by atoms with E-state index in [4.69, 9.17) is 5.11 Å². The highest BCUT2D eigenvalue weighted by atomic mass is 32.2. The maximum absolute atomic E-state index is 12.7. The molecule has 1 aromatic rings. The van der Waals surface area contributed by atoms with Gasteiger partial charge in [-0.05, 0) is 31.9 Å². The second-order valence-corrected chi connectivity index (χ2v) is 8.01. The number of rotatable bonds is 6. The molecule has 1 aliphatic heterocycles. The molecule has 1 saturated heterocycles. The van der Waals surface area contributed by atoms with Gasteiger partial charge >= 0.3 is 5.97 Å². The summed E-state index contributed by atoms with van der Waals surface area (Å²) in [4.78, 5) is 23.1. The first kappa shape index (κ1) is 19.3. The van der Waals surface area contributed by atoms with Gasteiger partial charge in [0.05, 0.1) is 10.8 Å². The monoisotopic (exact) mass is 372 g/mol. The predicted octanol–water partition coefficient (Wildman–Crippen LogP) is 0.935. The van der Waals surface area contributed by atoms with E-state index in [1.165, 1.54) is 16.4 Å². The summed E-state index contributed by atoms with van der Waals surface area (Å²) in [7, 11) is -3.73. The van der Waals surface area contributed by atoms with E-state index in [9.17, 15) is 22.4 Å². The molecule has 2 atom stereocenters. The van der Waals surface area contributed by atoms with Gasteiger partial charge in [-0.2, -0.15) is 4.31 Å². The summed E-state index contributed by atoms with van der Waals surface area (Å²) >= 11 is 0. The Balaban J connectivity index is 2.10. The van der Waals surface area contributed by atoms with Crippen LogP contribution in [0.1, 0.15) is 18.4 Å². The van der Waals surface area contributed by atoms with Crippen LogP contribution in [0.15, 0.2) is 29.2 Å². The first-order chi connectivity index (χ1) is 11.8. The Kier molecular flexibility index (Phi) is 6.12. The summed E-state index contributed by atoms with van der Waals surface area (Å²) in [6.07, 6.45) is 0.890. The van der Waals surface area contributed by atoms with E-state index in [-0.39, 0.29) is 18.0 Å². The minimum absolute atomic E-state index is 0.0549. The smallest absolute Gasteiger partial charge is 0.328 e. The lowest BCUT2D eigenvalue weighted by Crippen LogP contribution is -2.50. The average Bonchev–Trinajstić information content (AvgIpc) is 2.59. The van der Waals surface area contributed by atoms with Crippen molar-refractivity contribution in [3.8, 4) is 0 Å². The number of aryl methyl sites for hydroxylation is 1. The number of aliphatic carboxylic acids is 1. The molecule has 2 N–H and O–H groups in total. The van der Waals surface area contributed by atoms with Gasteiger partial charge in [0.2, 0.25) is 15.9 Å². The number of halogens is 1. The van der Waals surface area contributed by atoms with Crippen LogP contribution < -0.4 is 5.32 Å². The first-order valence-corrected chi connectivity index (χ1v) is 9.35. The number of alkyl halides is 1. The molecule has 1 fully saturated rings. The molecule has 1 heterocycles. The summed E-state index contributed by atoms with van der Waals surface area (Å²) < 4.78 is 39.3. The molecule has 1 amide bonds. The zero-order valence-corrected chi connectivity index (χ0v) is 14.6. The number of nitrogens with zero attached hydrogens (tertiary/aromatic N) is 1. The molecule has 1 aliphatic rings. The van der Waals surface area contributed by atoms with Crippen LogP contribution >= 0.6 is 0 Å². The number of benzene rings is 1. The lowest BCUT2D eigenvalue weighted by Gasteiger charge is -2.31. The van der Waals surface area contributed by atoms with Crippen molar-refractivity contribution in [3.05, 3.63) is 29.8 Å². The minimum atomic E-state index is -3.73. The number of carbonyl (C=O) groups is 2. The molecule has 0 aromatic heterocycles. The van der Waals surface area contributed by atoms with Gasteiger partial charge in [0, 0.05) is 13.1 Å². The summed E-state index contributed by atoms with van der Waals surface area (Å²) in [6.45, 7) is 0.854. The Morgan fingerprint density at radius 3 is 2.56 bits per heavy atom. The molecule has 138 valence electrons. The van der Waals surface area contributed by atoms with Gasteiger partial charge in [0.15, 0.2) is 6.04 Å². The van der Waals surface area contributed by atoms with Crippen LogP contribution in [0.3, 0.4) is 0 Å². The standard InChI is InChI=1S/C16H21FN2O5S/c1-11-4-6-13(7-5-11)25(23,24)19-8-2-3-12(10-19)15(20)18-14(9-17)16(21)22/h4-7,12,14H,2-3,8-10H2,1H3,(H,18,20)(H,21,22). The number of sulfonamides is 1. The Morgan fingerprint density at radius 1 is 1.36 bits per heavy atom. The van der Waals surface area contributed by atoms with E-state index in [2.05, 4.69) is 5.32 Å². The number of carboxylic acid groups (broad SMARTS) is 1. The lowest BCUT2D eigenvalue weighted by atomic mass is 9.98. The summed E-state index contributed by atoms with van der Waals surface area (Å²) in [5.41, 5.74) is 0.931. The van der Waals surface area contributed by atoms with Crippen molar-refractivity contribution >= 4 is 21.9 Å². The number of hydrogen-bond donors (Lipinski definition) is 2. The van der Waals surface area contributed by atoms with Crippen LogP contribution in [0.2, 0.25) is 0 Å². The molecular weight excluding hydrogens is 351 g/mol. The third-order valence-corrected chi connectivity index (χ3v) is 6.06. The van der Waals surface area contributed by atoms with Crippen LogP contribution in [0.4, 0.5) is 4.39 Å². The van der Waals surface area contributed by atoms with Gasteiger partial charge < -0.3 is 10.4 Å². The molecule has 2 unspecified atom stereocenters. The fourth-order valence-electron chi connectivity index (χ4n) is 2.69. The third kappa shape index (κ3) is 4.55. The van der Waals surface area contributed by atoms with Crippen molar-refractivity contribution in [2.75, 3.05) is 19.8 Å². The Bertz CT molecular complexity index is 735. The molecule has 0 radical (unpaired) electrons. The Labute approximate surface area is 145 Å². The quantitative estimate of drug-likeness (QED) is 0.773. The molecule has 25 heavy (non-hydrogen) atoms. The van der Waals surface area contributed by atoms with Crippen LogP contribution in [-0.4, -0.2) is 55.5 Å². The molecule has 9 heteroatoms. The topological polar surface area (TPSA) is 104 Å². The largest absolute Gasteiger partial charge is 0.480 e. The van der Waals surface area contributed by atoms with E-state index in [0.717, 1.165) is 5.56 Å². The van der Waals surface area contributed by atoms with Crippen LogP contribution in [0.5, 0.6) is 0 Å². The molecular formula is C16H21FN2O5S. The Morgan fingerprint density at radius 2 is 2.00 bits per heavy atom. The van der Waals surface area contributed by atoms with E-state index < -0.39 is 40.5 Å². The van der Waals surface area contributed by atoms with Crippen LogP contribution in [-0.2, 0) is 19.6 Å². The highest BCUT2D eigenvalue weighted by Crippen LogP contribution is 2.24. The van der Waals surface area contributed by atoms with Crippen LogP contribution in [0.25, 0.3) is 0 Å². The molecule has 1 aromatic carbocycles. The van der Waals surface area contributed by atoms with Gasteiger partial charge in [-0.15, -0.1) is 0 Å². The SMILES string of the molecule is Cc1ccc(S(=O)(=O)N2CCCC(C(=O)NC(CF)C(=O)O)C2)cc1. The maximum Gasteiger partial charge on any atom is 0.328 e. The molecule has 0 bridgehead atoms. The van der Waals surface area contributed by atoms with Crippen LogP contribution in [0, 0.1) is 12.8 Å². The number of carbonyl (C=O) groups excluding carboxylic acids is 1. The molecule has 0 saturated carbocycles. The number of nitrogens with one attached hydrogen (secondary N) is 1. The zero-order valence-electron chi connectivity index (χ0n) is 13.8. The summed E-state index contributed by atoms with van der Waals surface area (Å²) in [5.74, 6) is -2.81. The summed E-state index contributed by atoms with van der Waals surface area (Å²) in [6, 6.07) is 4.80. The fourth-order valence-corrected chi connectivity index (χ4v) is 4.21. The van der Waals surface area contributed by atoms with Crippen molar-refractivity contribution in [2.45, 2.75) is 30.7 Å². The van der Waals surface area contributed by atoms with E-state index in [1.807, 2.05) is 6.92 Å². The van der Waals surface area contributed by atoms with Crippen molar-refractivity contribution in [1.82, 2.24) is 9.62 Å². The number of hydrogen-bond acceptors (Lipinski definition) is 4. The summed E-state index contributed by atoms with van der Waals surface area (Å²) in [5, 5.41) is 10.9. The first-order valence-electron chi connectivity index (χ1n) is 7.91. The maximum atomic E-state index is 12.7. The second-order valence-electron chi connectivity index (χ2n) is 6.07. The van der Waals surface area contributed by atoms with Gasteiger partial charge in [-0.1, -0.05) is 17.7 Å². The number of piperidine rings is 1. The van der Waals surface area contributed by atoms with E-state index >= 15 is 0 Å². The number of amides is 1. The van der Waals surface area contributed by atoms with Gasteiger partial charge in [-0.3, -0.25) is 4.79 Å². The second kappa shape index (κ2) is 7.92. The molecule has 2 rings (SSSR count). The van der Waals surface area contributed by atoms with Gasteiger partial charge in [-0.25, -0.2) is 17.6 Å². The van der Waals surface area contributed by atoms with Crippen molar-refractivity contribution in [2.24, 2.45) is 5.92 Å². The Hall–Kier alpha value is -2.00. The highest BCUT2D eigenvalue weighted by molar-refractivity contribution is 7.89. The lowest BCUT2D eigenvalue weighted by molar-refractivity contribution is -0.143. The number of carboxylic acids is 1. The fraction of sp³-hybridized carbons (Fsp3) is 0.500. The average molecular weight is 372 g/mol.